The zero-order valence-corrected chi connectivity index (χ0v) is 14.4. The van der Waals surface area contributed by atoms with E-state index in [1.54, 1.807) is 12.1 Å². The molecule has 2 aromatic rings. The quantitative estimate of drug-likeness (QED) is 0.874. The average Bonchev–Trinajstić information content (AvgIpc) is 2.92. The van der Waals surface area contributed by atoms with E-state index in [1.807, 2.05) is 50.2 Å². The molecule has 0 aliphatic rings. The Balaban J connectivity index is 1.97. The van der Waals surface area contributed by atoms with Crippen molar-refractivity contribution in [1.82, 2.24) is 4.72 Å². The van der Waals surface area contributed by atoms with E-state index < -0.39 is 10.0 Å². The molecule has 1 aromatic carbocycles. The van der Waals surface area contributed by atoms with Crippen molar-refractivity contribution in [3.05, 3.63) is 46.8 Å². The van der Waals surface area contributed by atoms with Crippen LogP contribution in [0, 0.1) is 18.8 Å². The van der Waals surface area contributed by atoms with E-state index in [0.717, 1.165) is 16.1 Å². The maximum atomic E-state index is 12.0. The summed E-state index contributed by atoms with van der Waals surface area (Å²) in [6.45, 7) is 1.97. The van der Waals surface area contributed by atoms with Crippen molar-refractivity contribution in [2.75, 3.05) is 25.5 Å². The molecule has 1 heterocycles. The number of anilines is 1. The summed E-state index contributed by atoms with van der Waals surface area (Å²) in [5.74, 6) is 5.78. The van der Waals surface area contributed by atoms with Gasteiger partial charge in [-0.2, -0.15) is 4.72 Å². The number of benzene rings is 1. The molecule has 0 unspecified atom stereocenters. The van der Waals surface area contributed by atoms with Crippen molar-refractivity contribution in [2.45, 2.75) is 11.1 Å². The van der Waals surface area contributed by atoms with E-state index in [2.05, 4.69) is 16.6 Å². The zero-order valence-electron chi connectivity index (χ0n) is 12.8. The van der Waals surface area contributed by atoms with E-state index in [0.29, 0.717) is 4.21 Å². The second-order valence-electron chi connectivity index (χ2n) is 4.93. The van der Waals surface area contributed by atoms with Crippen LogP contribution >= 0.6 is 11.3 Å². The van der Waals surface area contributed by atoms with Crippen LogP contribution in [0.3, 0.4) is 0 Å². The van der Waals surface area contributed by atoms with Gasteiger partial charge in [-0.3, -0.25) is 0 Å². The Bertz CT molecular complexity index is 795. The van der Waals surface area contributed by atoms with Gasteiger partial charge in [-0.25, -0.2) is 8.42 Å². The van der Waals surface area contributed by atoms with Gasteiger partial charge in [0.2, 0.25) is 0 Å². The van der Waals surface area contributed by atoms with Crippen LogP contribution in [0.5, 0.6) is 0 Å². The molecule has 1 N–H and O–H groups in total. The Morgan fingerprint density at radius 3 is 2.36 bits per heavy atom. The molecular weight excluding hydrogens is 316 g/mol. The topological polar surface area (TPSA) is 49.4 Å². The fourth-order valence-electron chi connectivity index (χ4n) is 1.75. The van der Waals surface area contributed by atoms with Crippen molar-refractivity contribution in [3.8, 4) is 11.8 Å². The maximum absolute atomic E-state index is 12.0. The van der Waals surface area contributed by atoms with Gasteiger partial charge >= 0.3 is 0 Å². The van der Waals surface area contributed by atoms with Gasteiger partial charge in [-0.1, -0.05) is 11.8 Å². The highest BCUT2D eigenvalue weighted by Gasteiger charge is 2.14. The number of nitrogens with one attached hydrogen (secondary N) is 1. The smallest absolute Gasteiger partial charge is 0.250 e. The van der Waals surface area contributed by atoms with Crippen LogP contribution < -0.4 is 9.62 Å². The highest BCUT2D eigenvalue weighted by molar-refractivity contribution is 7.91. The first-order valence-electron chi connectivity index (χ1n) is 6.71. The lowest BCUT2D eigenvalue weighted by atomic mass is 10.2. The van der Waals surface area contributed by atoms with Gasteiger partial charge in [0.05, 0.1) is 6.54 Å². The minimum atomic E-state index is -3.45. The minimum Gasteiger partial charge on any atom is -0.378 e. The fourth-order valence-corrected chi connectivity index (χ4v) is 4.00. The molecule has 0 aliphatic heterocycles. The summed E-state index contributed by atoms with van der Waals surface area (Å²) in [7, 11) is 0.495. The standard InChI is InChI=1S/C16H18N2O2S2/c1-13-6-11-16(21-13)22(19,20)17-12-4-5-14-7-9-15(10-8-14)18(2)3/h6-11,17H,12H2,1-3H3. The van der Waals surface area contributed by atoms with Crippen LogP contribution in [-0.2, 0) is 10.0 Å². The lowest BCUT2D eigenvalue weighted by Gasteiger charge is -2.11. The third-order valence-corrected chi connectivity index (χ3v) is 5.84. The van der Waals surface area contributed by atoms with Crippen LogP contribution in [0.2, 0.25) is 0 Å². The molecule has 6 heteroatoms. The molecule has 0 fully saturated rings. The monoisotopic (exact) mass is 334 g/mol. The fraction of sp³-hybridized carbons (Fsp3) is 0.250. The molecule has 0 saturated carbocycles. The molecule has 0 saturated heterocycles. The van der Waals surface area contributed by atoms with Gasteiger partial charge in [-0.15, -0.1) is 11.3 Å². The highest BCUT2D eigenvalue weighted by atomic mass is 32.2. The molecule has 2 rings (SSSR count). The molecule has 4 nitrogen and oxygen atoms in total. The minimum absolute atomic E-state index is 0.0920. The maximum Gasteiger partial charge on any atom is 0.250 e. The third-order valence-electron chi connectivity index (χ3n) is 2.95. The Morgan fingerprint density at radius 1 is 1.14 bits per heavy atom. The third kappa shape index (κ3) is 4.34. The Hall–Kier alpha value is -1.81. The number of rotatable bonds is 4. The summed E-state index contributed by atoms with van der Waals surface area (Å²) in [5.41, 5.74) is 1.95. The molecule has 0 atom stereocenters. The van der Waals surface area contributed by atoms with E-state index in [1.165, 1.54) is 11.3 Å². The number of sulfonamides is 1. The molecule has 0 amide bonds. The normalized spacial score (nSPS) is 10.9. The van der Waals surface area contributed by atoms with Crippen LogP contribution in [-0.4, -0.2) is 29.1 Å². The summed E-state index contributed by atoms with van der Waals surface area (Å²) in [6, 6.07) is 11.2. The number of nitrogens with zero attached hydrogens (tertiary/aromatic N) is 1. The average molecular weight is 334 g/mol. The van der Waals surface area contributed by atoms with Gasteiger partial charge in [0, 0.05) is 30.2 Å². The van der Waals surface area contributed by atoms with Crippen molar-refractivity contribution < 1.29 is 8.42 Å². The zero-order chi connectivity index (χ0) is 16.2. The lowest BCUT2D eigenvalue weighted by Crippen LogP contribution is -2.23. The molecule has 0 aliphatic carbocycles. The Labute approximate surface area is 135 Å². The predicted molar refractivity (Wildman–Crippen MR) is 91.9 cm³/mol. The van der Waals surface area contributed by atoms with E-state index in [9.17, 15) is 8.42 Å². The van der Waals surface area contributed by atoms with Crippen LogP contribution in [0.1, 0.15) is 10.4 Å². The first-order valence-corrected chi connectivity index (χ1v) is 9.01. The van der Waals surface area contributed by atoms with E-state index in [4.69, 9.17) is 0 Å². The van der Waals surface area contributed by atoms with E-state index in [-0.39, 0.29) is 6.54 Å². The van der Waals surface area contributed by atoms with Gasteiger partial charge in [0.15, 0.2) is 0 Å². The molecule has 0 radical (unpaired) electrons. The van der Waals surface area contributed by atoms with Gasteiger partial charge in [0.25, 0.3) is 10.0 Å². The molecule has 0 spiro atoms. The summed E-state index contributed by atoms with van der Waals surface area (Å²) in [6.07, 6.45) is 0. The van der Waals surface area contributed by atoms with Crippen molar-refractivity contribution in [1.29, 1.82) is 0 Å². The highest BCUT2D eigenvalue weighted by Crippen LogP contribution is 2.19. The second kappa shape index (κ2) is 6.97. The van der Waals surface area contributed by atoms with Crippen molar-refractivity contribution in [2.24, 2.45) is 0 Å². The summed E-state index contributed by atoms with van der Waals surface area (Å²) in [4.78, 5) is 2.97. The lowest BCUT2D eigenvalue weighted by molar-refractivity contribution is 0.588. The molecule has 0 bridgehead atoms. The Morgan fingerprint density at radius 2 is 1.82 bits per heavy atom. The first-order chi connectivity index (χ1) is 10.4. The largest absolute Gasteiger partial charge is 0.378 e. The number of thiophene rings is 1. The van der Waals surface area contributed by atoms with Gasteiger partial charge in [0.1, 0.15) is 4.21 Å². The molecular formula is C16H18N2O2S2. The number of hydrogen-bond acceptors (Lipinski definition) is 4. The van der Waals surface area contributed by atoms with Crippen molar-refractivity contribution >= 4 is 27.0 Å². The SMILES string of the molecule is Cc1ccc(S(=O)(=O)NCC#Cc2ccc(N(C)C)cc2)s1. The summed E-state index contributed by atoms with van der Waals surface area (Å²) < 4.78 is 26.8. The van der Waals surface area contributed by atoms with Crippen molar-refractivity contribution in [3.63, 3.8) is 0 Å². The Kier molecular flexibility index (Phi) is 5.24. The number of hydrogen-bond donors (Lipinski definition) is 1. The van der Waals surface area contributed by atoms with E-state index >= 15 is 0 Å². The summed E-state index contributed by atoms with van der Waals surface area (Å²) >= 11 is 1.25. The number of aryl methyl sites for hydroxylation is 1. The molecule has 22 heavy (non-hydrogen) atoms. The van der Waals surface area contributed by atoms with Crippen LogP contribution in [0.25, 0.3) is 0 Å². The van der Waals surface area contributed by atoms with Crippen LogP contribution in [0.15, 0.2) is 40.6 Å². The van der Waals surface area contributed by atoms with Crippen LogP contribution in [0.4, 0.5) is 5.69 Å². The predicted octanol–water partition coefficient (Wildman–Crippen LogP) is 2.45. The summed E-state index contributed by atoms with van der Waals surface area (Å²) in [5, 5.41) is 0. The molecule has 116 valence electrons. The first kappa shape index (κ1) is 16.6. The van der Waals surface area contributed by atoms with Gasteiger partial charge < -0.3 is 4.90 Å². The second-order valence-corrected chi connectivity index (χ2v) is 8.21. The van der Waals surface area contributed by atoms with Gasteiger partial charge in [-0.05, 0) is 43.3 Å². The molecule has 1 aromatic heterocycles.